The molecule has 4 nitrogen and oxygen atoms in total. The predicted octanol–water partition coefficient (Wildman–Crippen LogP) is 3.92. The van der Waals surface area contributed by atoms with Crippen LogP contribution in [0.5, 0.6) is 0 Å². The molecule has 2 rings (SSSR count). The van der Waals surface area contributed by atoms with E-state index in [1.165, 1.54) is 0 Å². The van der Waals surface area contributed by atoms with E-state index in [2.05, 4.69) is 23.9 Å². The SMILES string of the molecule is Cc1ccc(S(=O)(=O)Nc2ccc(NC(C)C)cc2)c(C)c1. The van der Waals surface area contributed by atoms with Gasteiger partial charge in [-0.25, -0.2) is 8.42 Å². The molecule has 5 heteroatoms. The van der Waals surface area contributed by atoms with E-state index < -0.39 is 10.0 Å². The standard InChI is InChI=1S/C17H22N2O2S/c1-12(2)18-15-6-8-16(9-7-15)19-22(20,21)17-10-5-13(3)11-14(17)4/h5-12,18-19H,1-4H3. The molecule has 2 N–H and O–H groups in total. The van der Waals surface area contributed by atoms with Crippen molar-refractivity contribution in [2.24, 2.45) is 0 Å². The van der Waals surface area contributed by atoms with E-state index in [1.54, 1.807) is 31.2 Å². The number of nitrogens with one attached hydrogen (secondary N) is 2. The Balaban J connectivity index is 2.21. The van der Waals surface area contributed by atoms with Crippen LogP contribution < -0.4 is 10.0 Å². The summed E-state index contributed by atoms with van der Waals surface area (Å²) >= 11 is 0. The highest BCUT2D eigenvalue weighted by atomic mass is 32.2. The molecule has 0 spiro atoms. The van der Waals surface area contributed by atoms with Gasteiger partial charge in [-0.15, -0.1) is 0 Å². The second kappa shape index (κ2) is 6.40. The summed E-state index contributed by atoms with van der Waals surface area (Å²) in [7, 11) is -3.57. The molecule has 2 aromatic rings. The highest BCUT2D eigenvalue weighted by molar-refractivity contribution is 7.92. The van der Waals surface area contributed by atoms with Crippen molar-refractivity contribution in [3.8, 4) is 0 Å². The summed E-state index contributed by atoms with van der Waals surface area (Å²) in [6.45, 7) is 7.85. The summed E-state index contributed by atoms with van der Waals surface area (Å²) in [6, 6.07) is 12.9. The second-order valence-electron chi connectivity index (χ2n) is 5.75. The van der Waals surface area contributed by atoms with Gasteiger partial charge in [0.2, 0.25) is 0 Å². The van der Waals surface area contributed by atoms with Crippen LogP contribution in [0.1, 0.15) is 25.0 Å². The molecule has 0 radical (unpaired) electrons. The summed E-state index contributed by atoms with van der Waals surface area (Å²) < 4.78 is 27.6. The molecule has 0 aliphatic heterocycles. The molecule has 22 heavy (non-hydrogen) atoms. The van der Waals surface area contributed by atoms with Gasteiger partial charge >= 0.3 is 0 Å². The van der Waals surface area contributed by atoms with Crippen molar-refractivity contribution >= 4 is 21.4 Å². The van der Waals surface area contributed by atoms with Crippen molar-refractivity contribution in [1.29, 1.82) is 0 Å². The van der Waals surface area contributed by atoms with Crippen LogP contribution in [0.3, 0.4) is 0 Å². The predicted molar refractivity (Wildman–Crippen MR) is 91.9 cm³/mol. The number of sulfonamides is 1. The third-order valence-corrected chi connectivity index (χ3v) is 4.75. The van der Waals surface area contributed by atoms with Crippen LogP contribution in [0.2, 0.25) is 0 Å². The van der Waals surface area contributed by atoms with Gasteiger partial charge in [0.15, 0.2) is 0 Å². The first-order valence-electron chi connectivity index (χ1n) is 7.24. The lowest BCUT2D eigenvalue weighted by Gasteiger charge is -2.13. The lowest BCUT2D eigenvalue weighted by Crippen LogP contribution is -2.14. The van der Waals surface area contributed by atoms with Crippen molar-refractivity contribution in [2.75, 3.05) is 10.0 Å². The maximum absolute atomic E-state index is 12.5. The fourth-order valence-corrected chi connectivity index (χ4v) is 3.57. The Kier molecular flexibility index (Phi) is 4.76. The van der Waals surface area contributed by atoms with Crippen molar-refractivity contribution in [2.45, 2.75) is 38.6 Å². The quantitative estimate of drug-likeness (QED) is 0.878. The molecule has 0 atom stereocenters. The average molecular weight is 318 g/mol. The van der Waals surface area contributed by atoms with Crippen molar-refractivity contribution in [3.63, 3.8) is 0 Å². The summed E-state index contributed by atoms with van der Waals surface area (Å²) in [5.74, 6) is 0. The lowest BCUT2D eigenvalue weighted by atomic mass is 10.2. The molecular weight excluding hydrogens is 296 g/mol. The summed E-state index contributed by atoms with van der Waals surface area (Å²) in [4.78, 5) is 0.308. The Labute approximate surface area is 132 Å². The molecule has 0 aromatic heterocycles. The Bertz CT molecular complexity index is 751. The number of hydrogen-bond acceptors (Lipinski definition) is 3. The third kappa shape index (κ3) is 4.01. The Morgan fingerprint density at radius 3 is 2.05 bits per heavy atom. The van der Waals surface area contributed by atoms with Crippen molar-refractivity contribution < 1.29 is 8.42 Å². The summed E-state index contributed by atoms with van der Waals surface area (Å²) in [6.07, 6.45) is 0. The zero-order chi connectivity index (χ0) is 16.3. The monoisotopic (exact) mass is 318 g/mol. The highest BCUT2D eigenvalue weighted by Gasteiger charge is 2.16. The second-order valence-corrected chi connectivity index (χ2v) is 7.40. The van der Waals surface area contributed by atoms with Gasteiger partial charge in [-0.1, -0.05) is 17.7 Å². The number of rotatable bonds is 5. The number of benzene rings is 2. The fourth-order valence-electron chi connectivity index (χ4n) is 2.28. The number of hydrogen-bond donors (Lipinski definition) is 2. The van der Waals surface area contributed by atoms with Gasteiger partial charge in [0.1, 0.15) is 0 Å². The number of aryl methyl sites for hydroxylation is 2. The first-order valence-corrected chi connectivity index (χ1v) is 8.73. The molecule has 0 saturated carbocycles. The minimum absolute atomic E-state index is 0.308. The molecule has 0 amide bonds. The van der Waals surface area contributed by atoms with E-state index in [-0.39, 0.29) is 0 Å². The van der Waals surface area contributed by atoms with E-state index in [9.17, 15) is 8.42 Å². The van der Waals surface area contributed by atoms with E-state index in [0.29, 0.717) is 16.6 Å². The molecule has 118 valence electrons. The molecule has 0 fully saturated rings. The van der Waals surface area contributed by atoms with Gasteiger partial charge in [0.05, 0.1) is 4.90 Å². The number of anilines is 2. The first-order chi connectivity index (χ1) is 10.3. The molecule has 0 saturated heterocycles. The fraction of sp³-hybridized carbons (Fsp3) is 0.294. The third-order valence-electron chi connectivity index (χ3n) is 3.21. The van der Waals surface area contributed by atoms with Gasteiger partial charge in [-0.3, -0.25) is 4.72 Å². The van der Waals surface area contributed by atoms with Crippen LogP contribution in [-0.2, 0) is 10.0 Å². The maximum Gasteiger partial charge on any atom is 0.262 e. The Morgan fingerprint density at radius 2 is 1.50 bits per heavy atom. The molecule has 0 unspecified atom stereocenters. The van der Waals surface area contributed by atoms with Gasteiger partial charge in [0, 0.05) is 17.4 Å². The smallest absolute Gasteiger partial charge is 0.262 e. The van der Waals surface area contributed by atoms with Crippen LogP contribution in [0, 0.1) is 13.8 Å². The minimum Gasteiger partial charge on any atom is -0.383 e. The maximum atomic E-state index is 12.5. The first kappa shape index (κ1) is 16.4. The molecule has 2 aromatic carbocycles. The molecule has 0 heterocycles. The van der Waals surface area contributed by atoms with Crippen molar-refractivity contribution in [1.82, 2.24) is 0 Å². The zero-order valence-corrected chi connectivity index (χ0v) is 14.2. The summed E-state index contributed by atoms with van der Waals surface area (Å²) in [5, 5.41) is 3.26. The largest absolute Gasteiger partial charge is 0.383 e. The zero-order valence-electron chi connectivity index (χ0n) is 13.3. The van der Waals surface area contributed by atoms with Gasteiger partial charge in [-0.05, 0) is 63.6 Å². The van der Waals surface area contributed by atoms with Crippen LogP contribution >= 0.6 is 0 Å². The minimum atomic E-state index is -3.57. The van der Waals surface area contributed by atoms with Gasteiger partial charge in [-0.2, -0.15) is 0 Å². The van der Waals surface area contributed by atoms with Crippen molar-refractivity contribution in [3.05, 3.63) is 53.6 Å². The molecule has 0 aliphatic rings. The van der Waals surface area contributed by atoms with E-state index in [4.69, 9.17) is 0 Å². The van der Waals surface area contributed by atoms with E-state index >= 15 is 0 Å². The summed E-state index contributed by atoms with van der Waals surface area (Å²) in [5.41, 5.74) is 3.30. The molecular formula is C17H22N2O2S. The highest BCUT2D eigenvalue weighted by Crippen LogP contribution is 2.21. The average Bonchev–Trinajstić information content (AvgIpc) is 2.39. The van der Waals surface area contributed by atoms with Crippen LogP contribution in [0.4, 0.5) is 11.4 Å². The van der Waals surface area contributed by atoms with E-state index in [1.807, 2.05) is 25.1 Å². The van der Waals surface area contributed by atoms with Gasteiger partial charge in [0.25, 0.3) is 10.0 Å². The normalized spacial score (nSPS) is 11.5. The topological polar surface area (TPSA) is 58.2 Å². The van der Waals surface area contributed by atoms with Crippen LogP contribution in [0.25, 0.3) is 0 Å². The van der Waals surface area contributed by atoms with E-state index in [0.717, 1.165) is 16.8 Å². The van der Waals surface area contributed by atoms with Gasteiger partial charge < -0.3 is 5.32 Å². The lowest BCUT2D eigenvalue weighted by molar-refractivity contribution is 0.600. The van der Waals surface area contributed by atoms with Crippen LogP contribution in [0.15, 0.2) is 47.4 Å². The van der Waals surface area contributed by atoms with Crippen LogP contribution in [-0.4, -0.2) is 14.5 Å². The molecule has 0 bridgehead atoms. The molecule has 0 aliphatic carbocycles. The Hall–Kier alpha value is -2.01. The Morgan fingerprint density at radius 1 is 0.909 bits per heavy atom.